The van der Waals surface area contributed by atoms with Gasteiger partial charge in [-0.3, -0.25) is 4.98 Å². The second-order valence-electron chi connectivity index (χ2n) is 2.80. The maximum absolute atomic E-state index is 4.20. The molecule has 2 aromatic heterocycles. The van der Waals surface area contributed by atoms with Crippen molar-refractivity contribution in [2.75, 3.05) is 0 Å². The maximum atomic E-state index is 4.20. The standard InChI is InChI=1S/C9H10N5/c1-2-7-14-12-9(11-13-14)8-3-5-10-6-4-8/h3-6H,1-2,7H2. The quantitative estimate of drug-likeness (QED) is 0.719. The SMILES string of the molecule is [CH2]CCn1nnc(-c2ccncc2)n1. The van der Waals surface area contributed by atoms with Crippen molar-refractivity contribution in [1.29, 1.82) is 0 Å². The number of rotatable bonds is 3. The molecule has 0 saturated carbocycles. The van der Waals surface area contributed by atoms with Gasteiger partial charge in [-0.2, -0.15) is 4.80 Å². The summed E-state index contributed by atoms with van der Waals surface area (Å²) < 4.78 is 0. The number of aromatic nitrogens is 5. The molecule has 5 heteroatoms. The number of tetrazole rings is 1. The van der Waals surface area contributed by atoms with Crippen LogP contribution in [0.3, 0.4) is 0 Å². The zero-order valence-corrected chi connectivity index (χ0v) is 7.67. The van der Waals surface area contributed by atoms with E-state index in [9.17, 15) is 0 Å². The lowest BCUT2D eigenvalue weighted by molar-refractivity contribution is 0.527. The van der Waals surface area contributed by atoms with E-state index in [0.717, 1.165) is 12.0 Å². The van der Waals surface area contributed by atoms with Gasteiger partial charge < -0.3 is 0 Å². The summed E-state index contributed by atoms with van der Waals surface area (Å²) in [6.45, 7) is 4.42. The Bertz CT molecular complexity index is 395. The minimum Gasteiger partial charge on any atom is -0.265 e. The molecule has 0 aromatic carbocycles. The summed E-state index contributed by atoms with van der Waals surface area (Å²) in [6, 6.07) is 3.71. The van der Waals surface area contributed by atoms with Gasteiger partial charge in [0, 0.05) is 18.0 Å². The minimum absolute atomic E-state index is 0.626. The third kappa shape index (κ3) is 1.76. The van der Waals surface area contributed by atoms with Crippen molar-refractivity contribution in [3.05, 3.63) is 31.5 Å². The van der Waals surface area contributed by atoms with Gasteiger partial charge in [0.05, 0.1) is 6.54 Å². The van der Waals surface area contributed by atoms with Crippen LogP contribution in [0, 0.1) is 6.92 Å². The molecule has 2 rings (SSSR count). The Morgan fingerprint density at radius 1 is 1.29 bits per heavy atom. The van der Waals surface area contributed by atoms with Crippen LogP contribution in [0.15, 0.2) is 24.5 Å². The Balaban J connectivity index is 2.25. The Morgan fingerprint density at radius 2 is 2.07 bits per heavy atom. The first kappa shape index (κ1) is 8.80. The Labute approximate surface area is 81.8 Å². The van der Waals surface area contributed by atoms with Gasteiger partial charge in [0.15, 0.2) is 0 Å². The topological polar surface area (TPSA) is 56.5 Å². The lowest BCUT2D eigenvalue weighted by atomic mass is 10.3. The van der Waals surface area contributed by atoms with Gasteiger partial charge in [0.2, 0.25) is 5.82 Å². The molecule has 14 heavy (non-hydrogen) atoms. The molecule has 0 aliphatic heterocycles. The van der Waals surface area contributed by atoms with E-state index in [2.05, 4.69) is 27.3 Å². The van der Waals surface area contributed by atoms with Crippen molar-refractivity contribution in [1.82, 2.24) is 25.2 Å². The number of hydrogen-bond acceptors (Lipinski definition) is 4. The van der Waals surface area contributed by atoms with Crippen molar-refractivity contribution >= 4 is 0 Å². The highest BCUT2D eigenvalue weighted by Crippen LogP contribution is 2.10. The highest BCUT2D eigenvalue weighted by molar-refractivity contribution is 5.51. The second-order valence-corrected chi connectivity index (χ2v) is 2.80. The third-order valence-electron chi connectivity index (χ3n) is 1.75. The summed E-state index contributed by atoms with van der Waals surface area (Å²) in [7, 11) is 0. The largest absolute Gasteiger partial charge is 0.265 e. The minimum atomic E-state index is 0.626. The fourth-order valence-corrected chi connectivity index (χ4v) is 1.10. The predicted octanol–water partition coefficient (Wildman–Crippen LogP) is 0.959. The van der Waals surface area contributed by atoms with E-state index in [1.54, 1.807) is 17.2 Å². The third-order valence-corrected chi connectivity index (χ3v) is 1.75. The van der Waals surface area contributed by atoms with Gasteiger partial charge in [-0.25, -0.2) is 0 Å². The van der Waals surface area contributed by atoms with Gasteiger partial charge >= 0.3 is 0 Å². The predicted molar refractivity (Wildman–Crippen MR) is 51.0 cm³/mol. The van der Waals surface area contributed by atoms with E-state index in [-0.39, 0.29) is 0 Å². The van der Waals surface area contributed by atoms with Gasteiger partial charge in [-0.15, -0.1) is 10.2 Å². The molecule has 0 N–H and O–H groups in total. The molecule has 0 bridgehead atoms. The first-order valence-corrected chi connectivity index (χ1v) is 4.37. The van der Waals surface area contributed by atoms with Crippen LogP contribution >= 0.6 is 0 Å². The zero-order chi connectivity index (χ0) is 9.80. The zero-order valence-electron chi connectivity index (χ0n) is 7.67. The van der Waals surface area contributed by atoms with Crippen LogP contribution in [0.2, 0.25) is 0 Å². The lowest BCUT2D eigenvalue weighted by Crippen LogP contribution is -2.01. The average Bonchev–Trinajstić information content (AvgIpc) is 2.68. The van der Waals surface area contributed by atoms with E-state index in [4.69, 9.17) is 0 Å². The Kier molecular flexibility index (Phi) is 2.48. The van der Waals surface area contributed by atoms with Crippen LogP contribution < -0.4 is 0 Å². The molecule has 0 spiro atoms. The molecule has 0 unspecified atom stereocenters. The first-order chi connectivity index (χ1) is 6.90. The Hall–Kier alpha value is -1.78. The van der Waals surface area contributed by atoms with E-state index in [1.807, 2.05) is 12.1 Å². The monoisotopic (exact) mass is 188 g/mol. The van der Waals surface area contributed by atoms with E-state index >= 15 is 0 Å². The van der Waals surface area contributed by atoms with Crippen molar-refractivity contribution in [3.8, 4) is 11.4 Å². The van der Waals surface area contributed by atoms with Crippen molar-refractivity contribution in [2.45, 2.75) is 13.0 Å². The molecule has 0 atom stereocenters. The molecular formula is C9H10N5. The van der Waals surface area contributed by atoms with Crippen LogP contribution in [0.4, 0.5) is 0 Å². The fourth-order valence-electron chi connectivity index (χ4n) is 1.10. The van der Waals surface area contributed by atoms with E-state index in [0.29, 0.717) is 12.4 Å². The highest BCUT2D eigenvalue weighted by atomic mass is 15.6. The van der Waals surface area contributed by atoms with Crippen molar-refractivity contribution < 1.29 is 0 Å². The van der Waals surface area contributed by atoms with Crippen LogP contribution in [-0.4, -0.2) is 25.2 Å². The molecule has 0 amide bonds. The van der Waals surface area contributed by atoms with Crippen molar-refractivity contribution in [3.63, 3.8) is 0 Å². The number of nitrogens with zero attached hydrogens (tertiary/aromatic N) is 5. The number of hydrogen-bond donors (Lipinski definition) is 0. The average molecular weight is 188 g/mol. The summed E-state index contributed by atoms with van der Waals surface area (Å²) in [4.78, 5) is 5.47. The molecule has 0 fully saturated rings. The number of pyridine rings is 1. The van der Waals surface area contributed by atoms with E-state index < -0.39 is 0 Å². The summed E-state index contributed by atoms with van der Waals surface area (Å²) in [5.41, 5.74) is 0.926. The first-order valence-electron chi connectivity index (χ1n) is 4.37. The van der Waals surface area contributed by atoms with Crippen LogP contribution in [0.25, 0.3) is 11.4 Å². The van der Waals surface area contributed by atoms with Crippen LogP contribution in [0.5, 0.6) is 0 Å². The van der Waals surface area contributed by atoms with Gasteiger partial charge in [-0.05, 0) is 23.8 Å². The molecule has 2 aromatic rings. The normalized spacial score (nSPS) is 10.4. The van der Waals surface area contributed by atoms with Gasteiger partial charge in [0.25, 0.3) is 0 Å². The molecule has 1 radical (unpaired) electrons. The molecule has 0 saturated heterocycles. The van der Waals surface area contributed by atoms with Crippen molar-refractivity contribution in [2.24, 2.45) is 0 Å². The summed E-state index contributed by atoms with van der Waals surface area (Å²) in [5.74, 6) is 0.626. The highest BCUT2D eigenvalue weighted by Gasteiger charge is 2.03. The summed E-state index contributed by atoms with van der Waals surface area (Å²) >= 11 is 0. The molecule has 0 aliphatic rings. The molecule has 5 nitrogen and oxygen atoms in total. The molecular weight excluding hydrogens is 178 g/mol. The summed E-state index contributed by atoms with van der Waals surface area (Å²) in [5, 5.41) is 12.0. The molecule has 0 aliphatic carbocycles. The molecule has 2 heterocycles. The summed E-state index contributed by atoms with van der Waals surface area (Å²) in [6.07, 6.45) is 4.17. The Morgan fingerprint density at radius 3 is 2.79 bits per heavy atom. The fraction of sp³-hybridized carbons (Fsp3) is 0.222. The molecule has 71 valence electrons. The van der Waals surface area contributed by atoms with Gasteiger partial charge in [0.1, 0.15) is 0 Å². The van der Waals surface area contributed by atoms with E-state index in [1.165, 1.54) is 0 Å². The number of aryl methyl sites for hydroxylation is 1. The van der Waals surface area contributed by atoms with Gasteiger partial charge in [-0.1, -0.05) is 6.92 Å². The lowest BCUT2D eigenvalue weighted by Gasteiger charge is -1.92. The smallest absolute Gasteiger partial charge is 0.205 e. The van der Waals surface area contributed by atoms with Crippen LogP contribution in [-0.2, 0) is 6.54 Å². The van der Waals surface area contributed by atoms with Crippen LogP contribution in [0.1, 0.15) is 6.42 Å². The second kappa shape index (κ2) is 3.95. The maximum Gasteiger partial charge on any atom is 0.205 e.